The average Bonchev–Trinajstić information content (AvgIpc) is 3.33. The fourth-order valence-corrected chi connectivity index (χ4v) is 3.90. The van der Waals surface area contributed by atoms with E-state index in [9.17, 15) is 4.39 Å². The number of rotatable bonds is 2. The molecule has 104 valence electrons. The third-order valence-electron chi connectivity index (χ3n) is 3.96. The Hall–Kier alpha value is -1.49. The Bertz CT molecular complexity index is 822. The fraction of sp³-hybridized carbons (Fsp3) is 0.167. The van der Waals surface area contributed by atoms with E-state index < -0.39 is 0 Å². The van der Waals surface area contributed by atoms with Gasteiger partial charge in [-0.15, -0.1) is 0 Å². The molecule has 0 N–H and O–H groups in total. The van der Waals surface area contributed by atoms with Crippen LogP contribution < -0.4 is 0 Å². The van der Waals surface area contributed by atoms with Crippen molar-refractivity contribution in [3.63, 3.8) is 0 Å². The lowest BCUT2D eigenvalue weighted by atomic mass is 9.99. The molecule has 1 aliphatic carbocycles. The number of aromatic nitrogens is 1. The third kappa shape index (κ3) is 2.33. The molecule has 1 heterocycles. The van der Waals surface area contributed by atoms with Gasteiger partial charge in [0.2, 0.25) is 0 Å². The van der Waals surface area contributed by atoms with Gasteiger partial charge in [0.25, 0.3) is 0 Å². The van der Waals surface area contributed by atoms with Gasteiger partial charge in [-0.1, -0.05) is 30.3 Å². The summed E-state index contributed by atoms with van der Waals surface area (Å²) in [5.41, 5.74) is 4.47. The molecule has 2 aromatic carbocycles. The number of hydrogen-bond donors (Lipinski definition) is 0. The van der Waals surface area contributed by atoms with Crippen molar-refractivity contribution in [2.45, 2.75) is 18.8 Å². The van der Waals surface area contributed by atoms with Crippen molar-refractivity contribution in [2.24, 2.45) is 0 Å². The number of halogens is 2. The van der Waals surface area contributed by atoms with Gasteiger partial charge in [0.15, 0.2) is 0 Å². The molecule has 1 nitrogen and oxygen atoms in total. The predicted octanol–water partition coefficient (Wildman–Crippen LogP) is 5.52. The predicted molar refractivity (Wildman–Crippen MR) is 91.8 cm³/mol. The van der Waals surface area contributed by atoms with Crippen LogP contribution in [-0.2, 0) is 0 Å². The van der Waals surface area contributed by atoms with E-state index >= 15 is 0 Å². The van der Waals surface area contributed by atoms with Crippen LogP contribution in [0.15, 0.2) is 48.5 Å². The van der Waals surface area contributed by atoms with Crippen LogP contribution in [0.5, 0.6) is 0 Å². The van der Waals surface area contributed by atoms with E-state index in [1.54, 1.807) is 0 Å². The fourth-order valence-electron chi connectivity index (χ4n) is 2.73. The van der Waals surface area contributed by atoms with Crippen molar-refractivity contribution in [2.75, 3.05) is 0 Å². The highest BCUT2D eigenvalue weighted by Crippen LogP contribution is 2.45. The van der Waals surface area contributed by atoms with Crippen LogP contribution in [-0.4, -0.2) is 4.98 Å². The Morgan fingerprint density at radius 2 is 1.71 bits per heavy atom. The number of nitrogens with zero attached hydrogens (tertiary/aromatic N) is 1. The molecular formula is C18H13FIN. The Balaban J connectivity index is 2.05. The van der Waals surface area contributed by atoms with Gasteiger partial charge in [-0.3, -0.25) is 4.98 Å². The summed E-state index contributed by atoms with van der Waals surface area (Å²) in [4.78, 5) is 4.86. The lowest BCUT2D eigenvalue weighted by Crippen LogP contribution is -1.97. The monoisotopic (exact) mass is 389 g/mol. The van der Waals surface area contributed by atoms with E-state index in [4.69, 9.17) is 4.98 Å². The van der Waals surface area contributed by atoms with E-state index in [1.165, 1.54) is 39.8 Å². The van der Waals surface area contributed by atoms with Gasteiger partial charge in [-0.2, -0.15) is 0 Å². The summed E-state index contributed by atoms with van der Waals surface area (Å²) < 4.78 is 14.4. The Labute approximate surface area is 136 Å². The Kier molecular flexibility index (Phi) is 3.17. The zero-order valence-electron chi connectivity index (χ0n) is 11.3. The van der Waals surface area contributed by atoms with E-state index in [1.807, 2.05) is 24.3 Å². The van der Waals surface area contributed by atoms with Crippen molar-refractivity contribution in [3.8, 4) is 11.1 Å². The first-order valence-corrected chi connectivity index (χ1v) is 8.16. The quantitative estimate of drug-likeness (QED) is 0.526. The van der Waals surface area contributed by atoms with Crippen LogP contribution in [0.3, 0.4) is 0 Å². The van der Waals surface area contributed by atoms with Gasteiger partial charge in [-0.05, 0) is 59.2 Å². The molecule has 0 amide bonds. The lowest BCUT2D eigenvalue weighted by Gasteiger charge is -2.13. The molecule has 0 atom stereocenters. The number of benzene rings is 2. The number of para-hydroxylation sites is 1. The molecule has 1 aliphatic rings. The molecule has 1 aromatic heterocycles. The first-order valence-electron chi connectivity index (χ1n) is 7.08. The first kappa shape index (κ1) is 13.2. The largest absolute Gasteiger partial charge is 0.251 e. The number of pyridine rings is 1. The molecule has 1 saturated carbocycles. The van der Waals surface area contributed by atoms with Crippen LogP contribution in [0.4, 0.5) is 4.39 Å². The topological polar surface area (TPSA) is 12.9 Å². The molecule has 0 saturated heterocycles. The highest BCUT2D eigenvalue weighted by Gasteiger charge is 2.29. The molecular weight excluding hydrogens is 376 g/mol. The molecule has 0 unspecified atom stereocenters. The van der Waals surface area contributed by atoms with Gasteiger partial charge in [-0.25, -0.2) is 4.39 Å². The van der Waals surface area contributed by atoms with Crippen LogP contribution in [0.1, 0.15) is 24.5 Å². The zero-order chi connectivity index (χ0) is 14.4. The second-order valence-electron chi connectivity index (χ2n) is 5.48. The molecule has 4 rings (SSSR count). The Morgan fingerprint density at radius 1 is 1.00 bits per heavy atom. The molecule has 21 heavy (non-hydrogen) atoms. The highest BCUT2D eigenvalue weighted by atomic mass is 127. The summed E-state index contributed by atoms with van der Waals surface area (Å²) in [5, 5.41) is 1.14. The van der Waals surface area contributed by atoms with Crippen LogP contribution in [0.2, 0.25) is 0 Å². The second-order valence-corrected chi connectivity index (χ2v) is 6.56. The second kappa shape index (κ2) is 5.05. The summed E-state index contributed by atoms with van der Waals surface area (Å²) in [6, 6.07) is 15.0. The third-order valence-corrected chi connectivity index (χ3v) is 5.05. The molecule has 0 radical (unpaired) electrons. The zero-order valence-corrected chi connectivity index (χ0v) is 13.5. The minimum Gasteiger partial charge on any atom is -0.251 e. The SMILES string of the molecule is Fc1ccc(-c2c(I)c(C3CC3)nc3ccccc23)cc1. The first-order chi connectivity index (χ1) is 10.2. The van der Waals surface area contributed by atoms with Crippen molar-refractivity contribution in [1.29, 1.82) is 0 Å². The summed E-state index contributed by atoms with van der Waals surface area (Å²) in [7, 11) is 0. The summed E-state index contributed by atoms with van der Waals surface area (Å²) in [6.45, 7) is 0. The maximum absolute atomic E-state index is 13.2. The molecule has 0 spiro atoms. The smallest absolute Gasteiger partial charge is 0.123 e. The number of fused-ring (bicyclic) bond motifs is 1. The molecule has 1 fully saturated rings. The van der Waals surface area contributed by atoms with Gasteiger partial charge in [0, 0.05) is 20.4 Å². The van der Waals surface area contributed by atoms with Crippen LogP contribution >= 0.6 is 22.6 Å². The maximum atomic E-state index is 13.2. The van der Waals surface area contributed by atoms with Crippen molar-refractivity contribution in [1.82, 2.24) is 4.98 Å². The summed E-state index contributed by atoms with van der Waals surface area (Å²) in [6.07, 6.45) is 2.45. The van der Waals surface area contributed by atoms with Gasteiger partial charge in [0.05, 0.1) is 11.2 Å². The van der Waals surface area contributed by atoms with Gasteiger partial charge < -0.3 is 0 Å². The molecule has 3 heteroatoms. The van der Waals surface area contributed by atoms with Crippen molar-refractivity contribution >= 4 is 33.5 Å². The molecule has 0 aliphatic heterocycles. The summed E-state index contributed by atoms with van der Waals surface area (Å²) >= 11 is 2.40. The van der Waals surface area contributed by atoms with Crippen LogP contribution in [0, 0.1) is 9.39 Å². The average molecular weight is 389 g/mol. The molecule has 3 aromatic rings. The maximum Gasteiger partial charge on any atom is 0.123 e. The highest BCUT2D eigenvalue weighted by molar-refractivity contribution is 14.1. The van der Waals surface area contributed by atoms with Gasteiger partial charge in [0.1, 0.15) is 5.82 Å². The minimum atomic E-state index is -0.200. The normalized spacial score (nSPS) is 14.6. The van der Waals surface area contributed by atoms with Gasteiger partial charge >= 0.3 is 0 Å². The van der Waals surface area contributed by atoms with Crippen LogP contribution in [0.25, 0.3) is 22.0 Å². The molecule has 0 bridgehead atoms. The number of hydrogen-bond acceptors (Lipinski definition) is 1. The van der Waals surface area contributed by atoms with E-state index in [-0.39, 0.29) is 5.82 Å². The standard InChI is InChI=1S/C18H13FIN/c19-13-9-7-11(8-10-13)16-14-3-1-2-4-15(14)21-18(17(16)20)12-5-6-12/h1-4,7-10,12H,5-6H2. The van der Waals surface area contributed by atoms with E-state index in [0.717, 1.165) is 16.5 Å². The lowest BCUT2D eigenvalue weighted by molar-refractivity contribution is 0.628. The minimum absolute atomic E-state index is 0.200. The van der Waals surface area contributed by atoms with E-state index in [0.29, 0.717) is 5.92 Å². The Morgan fingerprint density at radius 3 is 2.43 bits per heavy atom. The van der Waals surface area contributed by atoms with Crippen molar-refractivity contribution < 1.29 is 4.39 Å². The van der Waals surface area contributed by atoms with Crippen molar-refractivity contribution in [3.05, 3.63) is 63.6 Å². The van der Waals surface area contributed by atoms with E-state index in [2.05, 4.69) is 34.7 Å². The summed E-state index contributed by atoms with van der Waals surface area (Å²) in [5.74, 6) is 0.398.